The minimum atomic E-state index is -4.92. The third-order valence-corrected chi connectivity index (χ3v) is 6.88. The number of hydrogen-bond donors (Lipinski definition) is 1. The van der Waals surface area contributed by atoms with Crippen molar-refractivity contribution in [1.82, 2.24) is 19.7 Å². The number of aryl methyl sites for hydroxylation is 1. The van der Waals surface area contributed by atoms with Gasteiger partial charge < -0.3 is 10.0 Å². The largest absolute Gasteiger partial charge is 0.481 e. The number of aliphatic carboxylic acids is 1. The summed E-state index contributed by atoms with van der Waals surface area (Å²) in [5, 5.41) is 13.0. The summed E-state index contributed by atoms with van der Waals surface area (Å²) >= 11 is 12.3. The molecule has 1 amide bonds. The van der Waals surface area contributed by atoms with Gasteiger partial charge in [-0.3, -0.25) is 19.1 Å². The summed E-state index contributed by atoms with van der Waals surface area (Å²) < 4.78 is 43.7. The lowest BCUT2D eigenvalue weighted by Gasteiger charge is -2.30. The Hall–Kier alpha value is -2.66. The lowest BCUT2D eigenvalue weighted by Crippen LogP contribution is -2.42. The average Bonchev–Trinajstić information content (AvgIpc) is 3.22. The van der Waals surface area contributed by atoms with Crippen LogP contribution < -0.4 is 0 Å². The zero-order valence-corrected chi connectivity index (χ0v) is 22.9. The van der Waals surface area contributed by atoms with E-state index in [1.54, 1.807) is 27.7 Å². The molecule has 0 aliphatic heterocycles. The van der Waals surface area contributed by atoms with E-state index in [1.165, 1.54) is 6.07 Å². The Kier molecular flexibility index (Phi) is 8.82. The lowest BCUT2D eigenvalue weighted by atomic mass is 9.86. The molecule has 0 bridgehead atoms. The quantitative estimate of drug-likeness (QED) is 0.315. The number of amides is 1. The third-order valence-electron chi connectivity index (χ3n) is 6.31. The fraction of sp³-hybridized carbons (Fsp3) is 0.560. The van der Waals surface area contributed by atoms with E-state index in [9.17, 15) is 32.7 Å². The molecule has 0 saturated heterocycles. The zero-order chi connectivity index (χ0) is 28.6. The molecule has 1 fully saturated rings. The van der Waals surface area contributed by atoms with Crippen molar-refractivity contribution in [3.8, 4) is 0 Å². The highest BCUT2D eigenvalue weighted by molar-refractivity contribution is 6.39. The Bertz CT molecular complexity index is 1210. The molecule has 1 aliphatic carbocycles. The molecule has 0 spiro atoms. The topological polar surface area (TPSA) is 105 Å². The summed E-state index contributed by atoms with van der Waals surface area (Å²) in [6, 6.07) is 0.722. The van der Waals surface area contributed by atoms with Crippen LogP contribution in [0.2, 0.25) is 10.2 Å². The van der Waals surface area contributed by atoms with Crippen molar-refractivity contribution < 1.29 is 32.7 Å². The second-order valence-electron chi connectivity index (χ2n) is 10.7. The molecule has 2 heterocycles. The summed E-state index contributed by atoms with van der Waals surface area (Å²) in [7, 11) is 0. The smallest absolute Gasteiger partial charge is 0.433 e. The summed E-state index contributed by atoms with van der Waals surface area (Å²) in [5.41, 5.74) is -2.13. The number of rotatable bonds is 7. The standard InChI is InChI=1S/C25H29Cl2F3N4O4/c1-13-9-17(26)19(21(27)32-13)18(35)11-33(12-24(2,3)4)22(36)16-10-31-34(20(16)25(28,29)30)15-7-5-14(6-8-15)23(37)38/h9-10,14-15H,5-8,11-12H2,1-4H3,(H,37,38). The molecule has 13 heteroatoms. The van der Waals surface area contributed by atoms with E-state index in [4.69, 9.17) is 23.2 Å². The van der Waals surface area contributed by atoms with Crippen LogP contribution in [0.5, 0.6) is 0 Å². The molecule has 2 aromatic heterocycles. The predicted octanol–water partition coefficient (Wildman–Crippen LogP) is 6.10. The highest BCUT2D eigenvalue weighted by Crippen LogP contribution is 2.39. The van der Waals surface area contributed by atoms with Crippen molar-refractivity contribution >= 4 is 40.9 Å². The molecule has 38 heavy (non-hydrogen) atoms. The van der Waals surface area contributed by atoms with Gasteiger partial charge in [0.05, 0.1) is 40.9 Å². The Balaban J connectivity index is 1.98. The minimum absolute atomic E-state index is 0.0245. The van der Waals surface area contributed by atoms with E-state index in [0.29, 0.717) is 5.69 Å². The zero-order valence-electron chi connectivity index (χ0n) is 21.4. The number of halogens is 5. The number of alkyl halides is 3. The van der Waals surface area contributed by atoms with Crippen molar-refractivity contribution in [1.29, 1.82) is 0 Å². The molecular formula is C25H29Cl2F3N4O4. The van der Waals surface area contributed by atoms with Crippen LogP contribution in [0, 0.1) is 18.3 Å². The van der Waals surface area contributed by atoms with Crippen LogP contribution in [0.25, 0.3) is 0 Å². The van der Waals surface area contributed by atoms with Crippen LogP contribution in [0.4, 0.5) is 13.2 Å². The molecule has 208 valence electrons. The molecule has 0 atom stereocenters. The molecule has 8 nitrogen and oxygen atoms in total. The van der Waals surface area contributed by atoms with Gasteiger partial charge in [-0.2, -0.15) is 18.3 Å². The van der Waals surface area contributed by atoms with Crippen molar-refractivity contribution in [2.75, 3.05) is 13.1 Å². The normalized spacial score (nSPS) is 18.3. The third kappa shape index (κ3) is 6.85. The molecule has 1 saturated carbocycles. The molecular weight excluding hydrogens is 548 g/mol. The van der Waals surface area contributed by atoms with Gasteiger partial charge in [0.25, 0.3) is 5.91 Å². The number of pyridine rings is 1. The van der Waals surface area contributed by atoms with E-state index in [2.05, 4.69) is 10.1 Å². The number of carboxylic acids is 1. The van der Waals surface area contributed by atoms with Gasteiger partial charge in [0.1, 0.15) is 5.15 Å². The minimum Gasteiger partial charge on any atom is -0.481 e. The number of ketones is 1. The van der Waals surface area contributed by atoms with Crippen molar-refractivity contribution in [2.45, 2.75) is 65.6 Å². The van der Waals surface area contributed by atoms with E-state index >= 15 is 0 Å². The molecule has 0 unspecified atom stereocenters. The number of carbonyl (C=O) groups is 3. The Morgan fingerprint density at radius 2 is 1.74 bits per heavy atom. The highest BCUT2D eigenvalue weighted by Gasteiger charge is 2.43. The van der Waals surface area contributed by atoms with Crippen LogP contribution in [-0.4, -0.2) is 55.5 Å². The fourth-order valence-corrected chi connectivity index (χ4v) is 5.43. The summed E-state index contributed by atoms with van der Waals surface area (Å²) in [6.07, 6.45) is -3.29. The maximum absolute atomic E-state index is 14.3. The number of nitrogens with zero attached hydrogens (tertiary/aromatic N) is 4. The SMILES string of the molecule is Cc1cc(Cl)c(C(=O)CN(CC(C)(C)C)C(=O)c2cnn(C3CCC(C(=O)O)CC3)c2C(F)(F)F)c(Cl)n1. The van der Waals surface area contributed by atoms with Crippen LogP contribution in [0.15, 0.2) is 12.3 Å². The Morgan fingerprint density at radius 3 is 2.24 bits per heavy atom. The monoisotopic (exact) mass is 576 g/mol. The summed E-state index contributed by atoms with van der Waals surface area (Å²) in [4.78, 5) is 43.0. The maximum atomic E-state index is 14.3. The summed E-state index contributed by atoms with van der Waals surface area (Å²) in [6.45, 7) is 6.34. The van der Waals surface area contributed by atoms with E-state index in [1.807, 2.05) is 0 Å². The van der Waals surface area contributed by atoms with Gasteiger partial charge in [-0.05, 0) is 44.1 Å². The molecule has 0 aromatic carbocycles. The van der Waals surface area contributed by atoms with Crippen LogP contribution >= 0.6 is 23.2 Å². The highest BCUT2D eigenvalue weighted by atomic mass is 35.5. The number of carbonyl (C=O) groups excluding carboxylic acids is 2. The summed E-state index contributed by atoms with van der Waals surface area (Å²) in [5.74, 6) is -3.29. The van der Waals surface area contributed by atoms with E-state index in [0.717, 1.165) is 15.8 Å². The Morgan fingerprint density at radius 1 is 1.13 bits per heavy atom. The van der Waals surface area contributed by atoms with Crippen molar-refractivity contribution in [2.24, 2.45) is 11.3 Å². The van der Waals surface area contributed by atoms with Gasteiger partial charge in [0.15, 0.2) is 11.5 Å². The van der Waals surface area contributed by atoms with Crippen LogP contribution in [0.3, 0.4) is 0 Å². The number of Topliss-reactive ketones (excluding diaryl/α,β-unsaturated/α-hetero) is 1. The van der Waals surface area contributed by atoms with Gasteiger partial charge in [0.2, 0.25) is 0 Å². The van der Waals surface area contributed by atoms with Crippen LogP contribution in [0.1, 0.15) is 84.6 Å². The number of carboxylic acid groups (broad SMARTS) is 1. The molecule has 3 rings (SSSR count). The fourth-order valence-electron chi connectivity index (χ4n) is 4.69. The van der Waals surface area contributed by atoms with E-state index < -0.39 is 59.0 Å². The molecule has 0 radical (unpaired) electrons. The molecule has 1 N–H and O–H groups in total. The van der Waals surface area contributed by atoms with Gasteiger partial charge in [-0.25, -0.2) is 4.98 Å². The predicted molar refractivity (Wildman–Crippen MR) is 135 cm³/mol. The number of aromatic nitrogens is 3. The first-order chi connectivity index (χ1) is 17.5. The first-order valence-electron chi connectivity index (χ1n) is 12.0. The van der Waals surface area contributed by atoms with Crippen LogP contribution in [-0.2, 0) is 11.0 Å². The maximum Gasteiger partial charge on any atom is 0.433 e. The van der Waals surface area contributed by atoms with Gasteiger partial charge in [-0.1, -0.05) is 44.0 Å². The van der Waals surface area contributed by atoms with Crippen molar-refractivity contribution in [3.05, 3.63) is 45.0 Å². The first-order valence-corrected chi connectivity index (χ1v) is 12.8. The second-order valence-corrected chi connectivity index (χ2v) is 11.5. The first kappa shape index (κ1) is 29.9. The van der Waals surface area contributed by atoms with Gasteiger partial charge in [-0.15, -0.1) is 0 Å². The average molecular weight is 577 g/mol. The molecule has 1 aliphatic rings. The van der Waals surface area contributed by atoms with Gasteiger partial charge >= 0.3 is 12.1 Å². The lowest BCUT2D eigenvalue weighted by molar-refractivity contribution is -0.147. The Labute approximate surface area is 228 Å². The second kappa shape index (κ2) is 11.2. The molecule has 2 aromatic rings. The van der Waals surface area contributed by atoms with Crippen molar-refractivity contribution in [3.63, 3.8) is 0 Å². The van der Waals surface area contributed by atoms with E-state index in [-0.39, 0.29) is 48.0 Å². The van der Waals surface area contributed by atoms with Gasteiger partial charge in [0, 0.05) is 12.2 Å². The number of hydrogen-bond acceptors (Lipinski definition) is 5.